The Labute approximate surface area is 228 Å². The number of aryl methyl sites for hydroxylation is 1. The Morgan fingerprint density at radius 2 is 1.68 bits per heavy atom. The number of alkyl halides is 4. The first-order chi connectivity index (χ1) is 17.8. The number of halogens is 4. The molecule has 12 nitrogen and oxygen atoms in total. The predicted octanol–water partition coefficient (Wildman–Crippen LogP) is 2.72. The van der Waals surface area contributed by atoms with Crippen LogP contribution in [0.2, 0.25) is 0 Å². The summed E-state index contributed by atoms with van der Waals surface area (Å²) in [4.78, 5) is 35.5. The number of benzene rings is 1. The first-order valence-electron chi connectivity index (χ1n) is 10.2. The van der Waals surface area contributed by atoms with Crippen LogP contribution in [-0.4, -0.2) is 55.2 Å². The van der Waals surface area contributed by atoms with Crippen LogP contribution >= 0.6 is 22.6 Å². The lowest BCUT2D eigenvalue weighted by molar-refractivity contribution is -0.167. The molecule has 0 spiro atoms. The van der Waals surface area contributed by atoms with Crippen molar-refractivity contribution in [3.05, 3.63) is 73.2 Å². The van der Waals surface area contributed by atoms with Crippen LogP contribution in [0.4, 0.5) is 24.8 Å². The second-order valence-electron chi connectivity index (χ2n) is 7.03. The number of amides is 2. The number of carbonyl (C=O) groups excluding carboxylic acids is 2. The quantitative estimate of drug-likeness (QED) is 0.216. The van der Waals surface area contributed by atoms with E-state index in [0.29, 0.717) is 10.1 Å². The third-order valence-corrected chi connectivity index (χ3v) is 6.15. The predicted molar refractivity (Wildman–Crippen MR) is 140 cm³/mol. The summed E-state index contributed by atoms with van der Waals surface area (Å²) < 4.78 is 63.9. The molecule has 17 heteroatoms. The van der Waals surface area contributed by atoms with E-state index in [2.05, 4.69) is 30.4 Å². The monoisotopic (exact) mass is 664 g/mol. The van der Waals surface area contributed by atoms with Crippen LogP contribution in [0, 0.1) is 6.92 Å². The number of nitrogens with one attached hydrogen (secondary N) is 2. The van der Waals surface area contributed by atoms with E-state index in [-0.39, 0.29) is 22.4 Å². The fraction of sp³-hybridized carbons (Fsp3) is 0.143. The summed E-state index contributed by atoms with van der Waals surface area (Å²) in [6.45, 7) is 1.90. The molecule has 4 rings (SSSR count). The average Bonchev–Trinajstić information content (AvgIpc) is 3.27. The van der Waals surface area contributed by atoms with Crippen molar-refractivity contribution in [2.75, 3.05) is 14.5 Å². The van der Waals surface area contributed by atoms with Crippen LogP contribution in [0.3, 0.4) is 0 Å². The fourth-order valence-electron chi connectivity index (χ4n) is 2.36. The van der Waals surface area contributed by atoms with E-state index in [1.165, 1.54) is 47.8 Å². The molecule has 0 aliphatic heterocycles. The normalized spacial score (nSPS) is 10.9. The van der Waals surface area contributed by atoms with E-state index < -0.39 is 22.1 Å². The Morgan fingerprint density at radius 3 is 2.21 bits per heavy atom. The van der Waals surface area contributed by atoms with Gasteiger partial charge < -0.3 is 15.5 Å². The van der Waals surface area contributed by atoms with Gasteiger partial charge >= 0.3 is 12.1 Å². The summed E-state index contributed by atoms with van der Waals surface area (Å²) in [6, 6.07) is 6.58. The number of hydrogen-bond donors (Lipinski definition) is 3. The van der Waals surface area contributed by atoms with Crippen LogP contribution in [-0.2, 0) is 19.6 Å². The molecule has 202 valence electrons. The molecule has 0 atom stereocenters. The van der Waals surface area contributed by atoms with E-state index in [9.17, 15) is 31.2 Å². The number of primary amides is 1. The van der Waals surface area contributed by atoms with Gasteiger partial charge in [0, 0.05) is 24.8 Å². The van der Waals surface area contributed by atoms with Crippen molar-refractivity contribution in [3.63, 3.8) is 0 Å². The summed E-state index contributed by atoms with van der Waals surface area (Å²) in [7, 11) is -3.58. The zero-order valence-corrected chi connectivity index (χ0v) is 22.4. The Bertz CT molecular complexity index is 1430. The smallest absolute Gasteiger partial charge is 0.369 e. The summed E-state index contributed by atoms with van der Waals surface area (Å²) >= 11 is 1.90. The highest BCUT2D eigenvalue weighted by Crippen LogP contribution is 2.18. The molecule has 0 saturated carbocycles. The minimum atomic E-state index is -4.92. The van der Waals surface area contributed by atoms with Gasteiger partial charge in [0.2, 0.25) is 5.91 Å². The first kappa shape index (κ1) is 30.4. The molecule has 3 aromatic heterocycles. The number of aromatic nitrogens is 5. The highest BCUT2D eigenvalue weighted by molar-refractivity contribution is 14.1. The summed E-state index contributed by atoms with van der Waals surface area (Å²) in [5.41, 5.74) is 6.00. The van der Waals surface area contributed by atoms with Gasteiger partial charge in [-0.1, -0.05) is 40.3 Å². The van der Waals surface area contributed by atoms with Crippen molar-refractivity contribution in [2.24, 2.45) is 5.73 Å². The highest BCUT2D eigenvalue weighted by Gasteiger charge is 2.39. The maximum atomic E-state index is 11.9. The second kappa shape index (κ2) is 13.6. The molecule has 38 heavy (non-hydrogen) atoms. The van der Waals surface area contributed by atoms with Gasteiger partial charge in [-0.15, -0.1) is 0 Å². The lowest BCUT2D eigenvalue weighted by atomic mass is 10.2. The number of nitrogens with two attached hydrogens (primary N) is 1. The number of rotatable bonds is 5. The lowest BCUT2D eigenvalue weighted by Gasteiger charge is -2.06. The van der Waals surface area contributed by atoms with E-state index in [0.717, 1.165) is 5.56 Å². The van der Waals surface area contributed by atoms with Gasteiger partial charge in [0.25, 0.3) is 10.0 Å². The highest BCUT2D eigenvalue weighted by atomic mass is 127. The largest absolute Gasteiger partial charge is 0.471 e. The van der Waals surface area contributed by atoms with Crippen molar-refractivity contribution in [2.45, 2.75) is 18.0 Å². The van der Waals surface area contributed by atoms with Crippen molar-refractivity contribution in [3.8, 4) is 0 Å². The van der Waals surface area contributed by atoms with Crippen LogP contribution in [0.1, 0.15) is 5.56 Å². The van der Waals surface area contributed by atoms with Crippen molar-refractivity contribution in [1.29, 1.82) is 0 Å². The van der Waals surface area contributed by atoms with Gasteiger partial charge in [0.05, 0.1) is 27.9 Å². The Balaban J connectivity index is 0.000000228. The zero-order chi connectivity index (χ0) is 28.3. The first-order valence-corrected chi connectivity index (χ1v) is 13.2. The van der Waals surface area contributed by atoms with Crippen molar-refractivity contribution >= 4 is 61.7 Å². The standard InChI is InChI=1S/C11H11N3O2S.C8H5F3N4O.C2H4INO/c1-9-2-4-10(5-3-9)17(15,16)14-11-8-12-6-7-13-11;9-8(10,11)7(16)14-5-4-15-2-1-12-3-6(15)13-5;3-1-2(4)5/h2-8H,1H3,(H,13,14);1-4H,(H,14,16);1H2,(H2,4,5). The Kier molecular flexibility index (Phi) is 10.9. The molecule has 2 amide bonds. The van der Waals surface area contributed by atoms with Crippen LogP contribution < -0.4 is 15.8 Å². The number of nitrogens with zero attached hydrogens (tertiary/aromatic N) is 5. The number of hydrogen-bond acceptors (Lipinski definition) is 8. The third kappa shape index (κ3) is 9.88. The average molecular weight is 664 g/mol. The second-order valence-corrected chi connectivity index (χ2v) is 9.47. The summed E-state index contributed by atoms with van der Waals surface area (Å²) in [5.74, 6) is -2.28. The van der Waals surface area contributed by atoms with E-state index in [1.807, 2.05) is 29.5 Å². The van der Waals surface area contributed by atoms with Crippen LogP contribution in [0.25, 0.3) is 5.65 Å². The number of anilines is 2. The molecule has 0 bridgehead atoms. The van der Waals surface area contributed by atoms with Gasteiger partial charge in [-0.25, -0.2) is 18.4 Å². The summed E-state index contributed by atoms with van der Waals surface area (Å²) in [6.07, 6.45) is 4.91. The fourth-order valence-corrected chi connectivity index (χ4v) is 3.35. The molecule has 4 N–H and O–H groups in total. The lowest BCUT2D eigenvalue weighted by Crippen LogP contribution is -2.30. The number of imidazole rings is 1. The number of sulfonamides is 1. The molecule has 1 aromatic carbocycles. The molecule has 0 aliphatic rings. The van der Waals surface area contributed by atoms with E-state index in [4.69, 9.17) is 0 Å². The van der Waals surface area contributed by atoms with Gasteiger partial charge in [-0.2, -0.15) is 13.2 Å². The molecular formula is C21H20F3IN8O4S. The molecule has 0 aliphatic carbocycles. The van der Waals surface area contributed by atoms with E-state index >= 15 is 0 Å². The van der Waals surface area contributed by atoms with Crippen LogP contribution in [0.15, 0.2) is 72.5 Å². The van der Waals surface area contributed by atoms with Crippen molar-refractivity contribution < 1.29 is 31.2 Å². The molecule has 0 unspecified atom stereocenters. The van der Waals surface area contributed by atoms with Gasteiger partial charge in [0.15, 0.2) is 17.3 Å². The topological polar surface area (TPSA) is 174 Å². The Morgan fingerprint density at radius 1 is 1.05 bits per heavy atom. The maximum absolute atomic E-state index is 11.9. The third-order valence-electron chi connectivity index (χ3n) is 4.03. The minimum absolute atomic E-state index is 0.171. The molecular weight excluding hydrogens is 644 g/mol. The maximum Gasteiger partial charge on any atom is 0.471 e. The molecule has 0 radical (unpaired) electrons. The molecule has 0 fully saturated rings. The zero-order valence-electron chi connectivity index (χ0n) is 19.4. The van der Waals surface area contributed by atoms with Gasteiger partial charge in [-0.05, 0) is 19.1 Å². The van der Waals surface area contributed by atoms with Crippen LogP contribution in [0.5, 0.6) is 0 Å². The minimum Gasteiger partial charge on any atom is -0.369 e. The van der Waals surface area contributed by atoms with E-state index in [1.54, 1.807) is 29.6 Å². The number of fused-ring (bicyclic) bond motifs is 1. The van der Waals surface area contributed by atoms with Gasteiger partial charge in [0.1, 0.15) is 0 Å². The molecule has 0 saturated heterocycles. The molecule has 3 heterocycles. The number of carbonyl (C=O) groups is 2. The molecule has 4 aromatic rings. The van der Waals surface area contributed by atoms with Crippen molar-refractivity contribution in [1.82, 2.24) is 24.3 Å². The van der Waals surface area contributed by atoms with Gasteiger partial charge in [-0.3, -0.25) is 24.3 Å². The SMILES string of the molecule is Cc1ccc(S(=O)(=O)Nc2cnccn2)cc1.NC(=O)CI.O=C(Nc1cn2ccncc2n1)C(F)(F)F. The Hall–Kier alpha value is -3.87. The summed E-state index contributed by atoms with van der Waals surface area (Å²) in [5, 5.41) is 1.65.